The lowest BCUT2D eigenvalue weighted by molar-refractivity contribution is -0.154. The Morgan fingerprint density at radius 3 is 2.50 bits per heavy atom. The van der Waals surface area contributed by atoms with Crippen LogP contribution in [0, 0.1) is 5.41 Å². The van der Waals surface area contributed by atoms with Crippen molar-refractivity contribution in [2.75, 3.05) is 6.61 Å². The monoisotopic (exact) mass is 466 g/mol. The summed E-state index contributed by atoms with van der Waals surface area (Å²) in [5.74, 6) is -0.0909. The van der Waals surface area contributed by atoms with E-state index in [1.54, 1.807) is 6.92 Å². The number of hydrogen-bond acceptors (Lipinski definition) is 6. The summed E-state index contributed by atoms with van der Waals surface area (Å²) in [5, 5.41) is 3.78. The highest BCUT2D eigenvalue weighted by molar-refractivity contribution is 5.87. The lowest BCUT2D eigenvalue weighted by Crippen LogP contribution is -2.35. The van der Waals surface area contributed by atoms with Gasteiger partial charge in [0, 0.05) is 18.2 Å². The number of amides is 1. The van der Waals surface area contributed by atoms with Gasteiger partial charge in [-0.15, -0.1) is 0 Å². The minimum Gasteiger partial charge on any atom is -0.465 e. The third-order valence-corrected chi connectivity index (χ3v) is 5.89. The zero-order valence-corrected chi connectivity index (χ0v) is 20.6. The summed E-state index contributed by atoms with van der Waals surface area (Å²) < 4.78 is 10.7. The van der Waals surface area contributed by atoms with Gasteiger partial charge in [-0.25, -0.2) is 4.79 Å². The largest absolute Gasteiger partial charge is 0.465 e. The number of carbonyl (C=O) groups excluding carboxylic acids is 3. The number of esters is 1. The number of benzene rings is 1. The molecule has 3 rings (SSSR count). The Labute approximate surface area is 200 Å². The van der Waals surface area contributed by atoms with E-state index in [0.717, 1.165) is 16.5 Å². The Morgan fingerprint density at radius 2 is 1.85 bits per heavy atom. The quantitative estimate of drug-likeness (QED) is 0.563. The number of aromatic nitrogens is 1. The average Bonchev–Trinajstić information content (AvgIpc) is 2.77. The maximum absolute atomic E-state index is 12.7. The normalized spacial score (nSPS) is 16.9. The molecule has 1 amide bonds. The van der Waals surface area contributed by atoms with Crippen molar-refractivity contribution in [2.24, 2.45) is 5.41 Å². The van der Waals surface area contributed by atoms with Crippen LogP contribution in [0.1, 0.15) is 77.6 Å². The molecule has 1 aliphatic carbocycles. The van der Waals surface area contributed by atoms with Crippen LogP contribution in [0.4, 0.5) is 4.79 Å². The SMILES string of the molecule is CCOC(=O)C1(/C=C/c2ccc3ccc([C@@H](C)NC(=O)OC(C)(C)C)nc3c2)CCC(=O)CC1. The van der Waals surface area contributed by atoms with E-state index >= 15 is 0 Å². The molecule has 1 fully saturated rings. The van der Waals surface area contributed by atoms with Gasteiger partial charge in [0.1, 0.15) is 11.4 Å². The molecule has 1 aromatic heterocycles. The van der Waals surface area contributed by atoms with Gasteiger partial charge in [0.25, 0.3) is 0 Å². The van der Waals surface area contributed by atoms with Gasteiger partial charge in [-0.05, 0) is 65.2 Å². The van der Waals surface area contributed by atoms with Crippen LogP contribution in [0.2, 0.25) is 0 Å². The molecule has 1 saturated carbocycles. The first kappa shape index (κ1) is 25.4. The third kappa shape index (κ3) is 6.43. The molecule has 1 aliphatic rings. The minimum atomic E-state index is -0.778. The van der Waals surface area contributed by atoms with Crippen LogP contribution in [0.15, 0.2) is 36.4 Å². The zero-order chi connectivity index (χ0) is 24.9. The summed E-state index contributed by atoms with van der Waals surface area (Å²) in [6, 6.07) is 9.40. The van der Waals surface area contributed by atoms with E-state index in [9.17, 15) is 14.4 Å². The minimum absolute atomic E-state index is 0.185. The second-order valence-corrected chi connectivity index (χ2v) is 9.80. The molecule has 7 heteroatoms. The van der Waals surface area contributed by atoms with Crippen LogP contribution in [-0.4, -0.2) is 35.0 Å². The van der Waals surface area contributed by atoms with Crippen molar-refractivity contribution in [1.29, 1.82) is 0 Å². The summed E-state index contributed by atoms with van der Waals surface area (Å²) >= 11 is 0. The Balaban J connectivity index is 1.82. The standard InChI is InChI=1S/C27H34N2O5/c1-6-33-24(31)27(15-12-21(30)13-16-27)14-11-19-7-8-20-9-10-22(29-23(20)17-19)18(2)28-25(32)34-26(3,4)5/h7-11,14,17-18H,6,12-13,15-16H2,1-5H3,(H,28,32)/b14-11+/t18-/m1/s1. The van der Waals surface area contributed by atoms with Crippen LogP contribution in [-0.2, 0) is 19.1 Å². The first-order chi connectivity index (χ1) is 16.0. The van der Waals surface area contributed by atoms with Crippen LogP contribution in [0.3, 0.4) is 0 Å². The van der Waals surface area contributed by atoms with Crippen molar-refractivity contribution in [2.45, 2.75) is 71.9 Å². The molecule has 2 aromatic rings. The summed E-state index contributed by atoms with van der Waals surface area (Å²) in [5.41, 5.74) is 1.04. The Hall–Kier alpha value is -3.22. The maximum atomic E-state index is 12.7. The van der Waals surface area contributed by atoms with Crippen LogP contribution in [0.5, 0.6) is 0 Å². The highest BCUT2D eigenvalue weighted by atomic mass is 16.6. The van der Waals surface area contributed by atoms with E-state index in [1.807, 2.05) is 70.2 Å². The number of pyridine rings is 1. The van der Waals surface area contributed by atoms with E-state index in [2.05, 4.69) is 5.32 Å². The van der Waals surface area contributed by atoms with E-state index < -0.39 is 17.1 Å². The predicted molar refractivity (Wildman–Crippen MR) is 131 cm³/mol. The molecule has 1 N–H and O–H groups in total. The summed E-state index contributed by atoms with van der Waals surface area (Å²) in [7, 11) is 0. The molecule has 182 valence electrons. The molecular weight excluding hydrogens is 432 g/mol. The van der Waals surface area contributed by atoms with Gasteiger partial charge < -0.3 is 14.8 Å². The molecular formula is C27H34N2O5. The zero-order valence-electron chi connectivity index (χ0n) is 20.6. The van der Waals surface area contributed by atoms with E-state index in [1.165, 1.54) is 0 Å². The molecule has 0 aliphatic heterocycles. The molecule has 7 nitrogen and oxygen atoms in total. The van der Waals surface area contributed by atoms with Gasteiger partial charge in [0.15, 0.2) is 0 Å². The number of rotatable bonds is 6. The number of nitrogens with zero attached hydrogens (tertiary/aromatic N) is 1. The van der Waals surface area contributed by atoms with E-state index in [-0.39, 0.29) is 17.8 Å². The number of alkyl carbamates (subject to hydrolysis) is 1. The van der Waals surface area contributed by atoms with Crippen molar-refractivity contribution in [3.8, 4) is 0 Å². The fourth-order valence-corrected chi connectivity index (χ4v) is 4.00. The van der Waals surface area contributed by atoms with Gasteiger partial charge in [-0.1, -0.05) is 30.4 Å². The molecule has 1 heterocycles. The number of hydrogen-bond donors (Lipinski definition) is 1. The first-order valence-electron chi connectivity index (χ1n) is 11.8. The average molecular weight is 467 g/mol. The second-order valence-electron chi connectivity index (χ2n) is 9.80. The molecule has 0 saturated heterocycles. The topological polar surface area (TPSA) is 94.6 Å². The Morgan fingerprint density at radius 1 is 1.18 bits per heavy atom. The summed E-state index contributed by atoms with van der Waals surface area (Å²) in [4.78, 5) is 41.3. The Bertz CT molecular complexity index is 1090. The fraction of sp³-hybridized carbons (Fsp3) is 0.481. The van der Waals surface area contributed by atoms with Gasteiger partial charge >= 0.3 is 12.1 Å². The van der Waals surface area contributed by atoms with Gasteiger partial charge in [-0.2, -0.15) is 0 Å². The predicted octanol–water partition coefficient (Wildman–Crippen LogP) is 5.53. The van der Waals surface area contributed by atoms with Gasteiger partial charge in [0.05, 0.1) is 29.3 Å². The molecule has 1 atom stereocenters. The fourth-order valence-electron chi connectivity index (χ4n) is 4.00. The number of nitrogens with one attached hydrogen (secondary N) is 1. The molecule has 0 radical (unpaired) electrons. The van der Waals surface area contributed by atoms with E-state index in [4.69, 9.17) is 14.5 Å². The summed E-state index contributed by atoms with van der Waals surface area (Å²) in [6.45, 7) is 9.40. The van der Waals surface area contributed by atoms with Crippen molar-refractivity contribution in [3.05, 3.63) is 47.7 Å². The molecule has 0 spiro atoms. The third-order valence-electron chi connectivity index (χ3n) is 5.89. The highest BCUT2D eigenvalue weighted by Gasteiger charge is 2.40. The smallest absolute Gasteiger partial charge is 0.408 e. The van der Waals surface area contributed by atoms with Crippen molar-refractivity contribution in [1.82, 2.24) is 10.3 Å². The molecule has 0 bridgehead atoms. The molecule has 1 aromatic carbocycles. The molecule has 0 unspecified atom stereocenters. The van der Waals surface area contributed by atoms with Crippen molar-refractivity contribution < 1.29 is 23.9 Å². The molecule has 34 heavy (non-hydrogen) atoms. The highest BCUT2D eigenvalue weighted by Crippen LogP contribution is 2.38. The number of ether oxygens (including phenoxy) is 2. The van der Waals surface area contributed by atoms with Crippen molar-refractivity contribution in [3.63, 3.8) is 0 Å². The lowest BCUT2D eigenvalue weighted by atomic mass is 9.73. The first-order valence-corrected chi connectivity index (χ1v) is 11.8. The summed E-state index contributed by atoms with van der Waals surface area (Å²) in [6.07, 6.45) is 4.99. The van der Waals surface area contributed by atoms with Crippen LogP contribution >= 0.6 is 0 Å². The number of ketones is 1. The lowest BCUT2D eigenvalue weighted by Gasteiger charge is -2.31. The maximum Gasteiger partial charge on any atom is 0.408 e. The van der Waals surface area contributed by atoms with Gasteiger partial charge in [-0.3, -0.25) is 14.6 Å². The second kappa shape index (κ2) is 10.4. The van der Waals surface area contributed by atoms with Crippen molar-refractivity contribution >= 4 is 34.8 Å². The van der Waals surface area contributed by atoms with E-state index in [0.29, 0.717) is 38.0 Å². The number of carbonyl (C=O) groups is 3. The Kier molecular flexibility index (Phi) is 7.75. The van der Waals surface area contributed by atoms with Crippen LogP contribution < -0.4 is 5.32 Å². The number of Topliss-reactive ketones (excluding diaryl/α,β-unsaturated/α-hetero) is 1. The van der Waals surface area contributed by atoms with Crippen LogP contribution in [0.25, 0.3) is 17.0 Å². The van der Waals surface area contributed by atoms with Gasteiger partial charge in [0.2, 0.25) is 0 Å². The number of fused-ring (bicyclic) bond motifs is 1.